The number of carbonyl (C=O) groups excluding carboxylic acids is 1. The Labute approximate surface area is 168 Å². The van der Waals surface area contributed by atoms with Crippen LogP contribution in [0, 0.1) is 0 Å². The monoisotopic (exact) mass is 392 g/mol. The number of carbonyl (C=O) groups is 1. The lowest BCUT2D eigenvalue weighted by Gasteiger charge is -2.17. The van der Waals surface area contributed by atoms with Crippen molar-refractivity contribution in [3.63, 3.8) is 0 Å². The largest absolute Gasteiger partial charge is 0.348 e. The lowest BCUT2D eigenvalue weighted by Crippen LogP contribution is -2.37. The first-order valence-electron chi connectivity index (χ1n) is 9.89. The van der Waals surface area contributed by atoms with E-state index in [4.69, 9.17) is 0 Å². The van der Waals surface area contributed by atoms with Crippen LogP contribution in [0.1, 0.15) is 29.3 Å². The van der Waals surface area contributed by atoms with Gasteiger partial charge in [-0.1, -0.05) is 30.3 Å². The molecule has 7 nitrogen and oxygen atoms in total. The number of aromatic amines is 1. The Morgan fingerprint density at radius 1 is 1.17 bits per heavy atom. The lowest BCUT2D eigenvalue weighted by molar-refractivity contribution is 0.0937. The van der Waals surface area contributed by atoms with Gasteiger partial charge in [0.2, 0.25) is 0 Å². The Morgan fingerprint density at radius 2 is 1.97 bits per heavy atom. The van der Waals surface area contributed by atoms with E-state index in [9.17, 15) is 14.4 Å². The van der Waals surface area contributed by atoms with Gasteiger partial charge in [0.05, 0.1) is 11.0 Å². The summed E-state index contributed by atoms with van der Waals surface area (Å²) in [5.74, 6) is -0.173. The van der Waals surface area contributed by atoms with Crippen molar-refractivity contribution in [2.24, 2.45) is 0 Å². The number of hydrogen-bond acceptors (Lipinski definition) is 4. The molecule has 4 rings (SSSR count). The van der Waals surface area contributed by atoms with Gasteiger partial charge in [0.15, 0.2) is 0 Å². The highest BCUT2D eigenvalue weighted by molar-refractivity contribution is 5.97. The third-order valence-electron chi connectivity index (χ3n) is 5.41. The van der Waals surface area contributed by atoms with E-state index in [0.717, 1.165) is 26.1 Å². The van der Waals surface area contributed by atoms with E-state index < -0.39 is 11.1 Å². The van der Waals surface area contributed by atoms with E-state index in [-0.39, 0.29) is 11.9 Å². The summed E-state index contributed by atoms with van der Waals surface area (Å²) in [6, 6.07) is 15.4. The standard InChI is InChI=1S/C22H24N4O3/c1-2-26-19-9-8-16(12-18(19)24-21(28)22(26)29)20(27)23-17-10-11-25(14-17)13-15-6-4-3-5-7-15/h3-9,12,17H,2,10-11,13-14H2,1H3,(H,23,27)(H,24,28). The average Bonchev–Trinajstić information content (AvgIpc) is 3.16. The number of nitrogens with zero attached hydrogens (tertiary/aromatic N) is 2. The minimum absolute atomic E-state index is 0.0885. The molecule has 1 fully saturated rings. The van der Waals surface area contributed by atoms with Crippen LogP contribution in [0.25, 0.3) is 11.0 Å². The zero-order valence-corrected chi connectivity index (χ0v) is 16.4. The molecule has 0 aliphatic carbocycles. The van der Waals surface area contributed by atoms with E-state index in [2.05, 4.69) is 27.3 Å². The summed E-state index contributed by atoms with van der Waals surface area (Å²) < 4.78 is 1.41. The normalized spacial score (nSPS) is 16.9. The first-order valence-corrected chi connectivity index (χ1v) is 9.89. The van der Waals surface area contributed by atoms with Crippen molar-refractivity contribution in [3.8, 4) is 0 Å². The number of aromatic nitrogens is 2. The van der Waals surface area contributed by atoms with E-state index in [1.54, 1.807) is 18.2 Å². The van der Waals surface area contributed by atoms with Gasteiger partial charge < -0.3 is 14.9 Å². The number of likely N-dealkylation sites (tertiary alicyclic amines) is 1. The molecule has 1 atom stereocenters. The van der Waals surface area contributed by atoms with Crippen molar-refractivity contribution in [3.05, 3.63) is 80.4 Å². The molecule has 29 heavy (non-hydrogen) atoms. The van der Waals surface area contributed by atoms with Gasteiger partial charge in [0.1, 0.15) is 0 Å². The van der Waals surface area contributed by atoms with Gasteiger partial charge in [-0.2, -0.15) is 0 Å². The topological polar surface area (TPSA) is 87.2 Å². The predicted octanol–water partition coefficient (Wildman–Crippen LogP) is 1.71. The number of hydrogen-bond donors (Lipinski definition) is 2. The summed E-state index contributed by atoms with van der Waals surface area (Å²) in [4.78, 5) is 41.5. The van der Waals surface area contributed by atoms with Gasteiger partial charge in [0, 0.05) is 37.8 Å². The zero-order valence-electron chi connectivity index (χ0n) is 16.4. The summed E-state index contributed by atoms with van der Waals surface area (Å²) in [6.45, 7) is 4.82. The van der Waals surface area contributed by atoms with Crippen LogP contribution >= 0.6 is 0 Å². The number of nitrogens with one attached hydrogen (secondary N) is 2. The molecule has 150 valence electrons. The average molecular weight is 392 g/mol. The van der Waals surface area contributed by atoms with E-state index in [1.165, 1.54) is 10.1 Å². The Morgan fingerprint density at radius 3 is 2.72 bits per heavy atom. The van der Waals surface area contributed by atoms with Gasteiger partial charge in [-0.25, -0.2) is 0 Å². The minimum Gasteiger partial charge on any atom is -0.348 e. The van der Waals surface area contributed by atoms with Crippen LogP contribution in [0.4, 0.5) is 0 Å². The molecule has 1 amide bonds. The van der Waals surface area contributed by atoms with Crippen LogP contribution in [-0.2, 0) is 13.1 Å². The van der Waals surface area contributed by atoms with Crippen LogP contribution in [0.3, 0.4) is 0 Å². The van der Waals surface area contributed by atoms with E-state index in [0.29, 0.717) is 23.1 Å². The molecule has 3 aromatic rings. The van der Waals surface area contributed by atoms with Crippen molar-refractivity contribution in [1.29, 1.82) is 0 Å². The summed E-state index contributed by atoms with van der Waals surface area (Å²) in [7, 11) is 0. The summed E-state index contributed by atoms with van der Waals surface area (Å²) in [5.41, 5.74) is 1.58. The maximum absolute atomic E-state index is 12.7. The summed E-state index contributed by atoms with van der Waals surface area (Å²) >= 11 is 0. The molecular formula is C22H24N4O3. The number of benzene rings is 2. The molecule has 2 N–H and O–H groups in total. The maximum Gasteiger partial charge on any atom is 0.316 e. The van der Waals surface area contributed by atoms with Crippen molar-refractivity contribution in [2.45, 2.75) is 32.5 Å². The summed E-state index contributed by atoms with van der Waals surface area (Å²) in [6.07, 6.45) is 0.901. The highest BCUT2D eigenvalue weighted by Gasteiger charge is 2.24. The molecule has 1 saturated heterocycles. The molecule has 0 radical (unpaired) electrons. The van der Waals surface area contributed by atoms with Crippen LogP contribution in [0.5, 0.6) is 0 Å². The molecule has 7 heteroatoms. The number of H-pyrrole nitrogens is 1. The minimum atomic E-state index is -0.677. The van der Waals surface area contributed by atoms with Crippen molar-refractivity contribution < 1.29 is 4.79 Å². The van der Waals surface area contributed by atoms with Gasteiger partial charge in [0.25, 0.3) is 5.91 Å². The molecule has 0 bridgehead atoms. The van der Waals surface area contributed by atoms with Crippen LogP contribution in [-0.4, -0.2) is 39.5 Å². The van der Waals surface area contributed by atoms with Crippen LogP contribution < -0.4 is 16.4 Å². The Bertz CT molecular complexity index is 1150. The Balaban J connectivity index is 1.46. The quantitative estimate of drug-likeness (QED) is 0.647. The van der Waals surface area contributed by atoms with Gasteiger partial charge in [-0.3, -0.25) is 19.3 Å². The number of amides is 1. The van der Waals surface area contributed by atoms with Crippen LogP contribution in [0.2, 0.25) is 0 Å². The smallest absolute Gasteiger partial charge is 0.316 e. The van der Waals surface area contributed by atoms with Gasteiger partial charge >= 0.3 is 11.1 Å². The van der Waals surface area contributed by atoms with Crippen molar-refractivity contribution in [2.75, 3.05) is 13.1 Å². The fourth-order valence-electron chi connectivity index (χ4n) is 3.94. The predicted molar refractivity (Wildman–Crippen MR) is 112 cm³/mol. The third-order valence-corrected chi connectivity index (χ3v) is 5.41. The number of rotatable bonds is 5. The molecule has 1 aliphatic rings. The molecule has 0 spiro atoms. The zero-order chi connectivity index (χ0) is 20.4. The highest BCUT2D eigenvalue weighted by Crippen LogP contribution is 2.16. The first-order chi connectivity index (χ1) is 14.0. The van der Waals surface area contributed by atoms with Crippen LogP contribution in [0.15, 0.2) is 58.1 Å². The first kappa shape index (κ1) is 19.1. The molecule has 1 aliphatic heterocycles. The molecule has 0 saturated carbocycles. The SMILES string of the molecule is CCn1c(=O)c(=O)[nH]c2cc(C(=O)NC3CCN(Cc4ccccc4)C3)ccc21. The molecular weight excluding hydrogens is 368 g/mol. The molecule has 2 heterocycles. The van der Waals surface area contributed by atoms with Crippen molar-refractivity contribution >= 4 is 16.9 Å². The fourth-order valence-corrected chi connectivity index (χ4v) is 3.94. The second-order valence-electron chi connectivity index (χ2n) is 7.42. The lowest BCUT2D eigenvalue weighted by atomic mass is 10.1. The Hall–Kier alpha value is -3.19. The second kappa shape index (κ2) is 8.05. The van der Waals surface area contributed by atoms with Crippen molar-refractivity contribution in [1.82, 2.24) is 19.8 Å². The summed E-state index contributed by atoms with van der Waals surface area (Å²) in [5, 5.41) is 3.09. The van der Waals surface area contributed by atoms with Gasteiger partial charge in [-0.05, 0) is 37.1 Å². The number of aryl methyl sites for hydroxylation is 1. The maximum atomic E-state index is 12.7. The fraction of sp³-hybridized carbons (Fsp3) is 0.318. The van der Waals surface area contributed by atoms with E-state index >= 15 is 0 Å². The number of fused-ring (bicyclic) bond motifs is 1. The highest BCUT2D eigenvalue weighted by atomic mass is 16.2. The molecule has 2 aromatic carbocycles. The molecule has 1 aromatic heterocycles. The molecule has 1 unspecified atom stereocenters. The Kier molecular flexibility index (Phi) is 5.31. The van der Waals surface area contributed by atoms with Gasteiger partial charge in [-0.15, -0.1) is 0 Å². The van der Waals surface area contributed by atoms with E-state index in [1.807, 2.05) is 25.1 Å². The second-order valence-corrected chi connectivity index (χ2v) is 7.42. The third kappa shape index (κ3) is 4.00.